The fourth-order valence-corrected chi connectivity index (χ4v) is 4.34. The van der Waals surface area contributed by atoms with Crippen molar-refractivity contribution in [1.82, 2.24) is 30.8 Å². The van der Waals surface area contributed by atoms with Crippen LogP contribution in [0.25, 0.3) is 0 Å². The highest BCUT2D eigenvalue weighted by Gasteiger charge is 2.40. The number of aliphatic hydroxyl groups excluding tert-OH is 1. The number of hydrogen-bond acceptors (Lipinski definition) is 9. The van der Waals surface area contributed by atoms with Gasteiger partial charge in [0.2, 0.25) is 23.6 Å². The van der Waals surface area contributed by atoms with E-state index < -0.39 is 66.4 Å². The number of nitrogens with zero attached hydrogens (tertiary/aromatic N) is 2. The average molecular weight is 542 g/mol. The second kappa shape index (κ2) is 14.5. The second-order valence-electron chi connectivity index (χ2n) is 8.76. The second-order valence-corrected chi connectivity index (χ2v) is 9.75. The molecule has 1 aromatic heterocycles. The Balaban J connectivity index is 2.08. The maximum atomic E-state index is 13.2. The summed E-state index contributed by atoms with van der Waals surface area (Å²) in [5.74, 6) is -3.17. The van der Waals surface area contributed by atoms with Gasteiger partial charge < -0.3 is 41.8 Å². The van der Waals surface area contributed by atoms with Crippen LogP contribution in [-0.4, -0.2) is 110 Å². The van der Waals surface area contributed by atoms with Crippen LogP contribution in [-0.2, 0) is 30.4 Å². The fourth-order valence-electron chi connectivity index (χ4n) is 3.85. The van der Waals surface area contributed by atoms with E-state index in [1.54, 1.807) is 0 Å². The number of aromatic amines is 1. The summed E-state index contributed by atoms with van der Waals surface area (Å²) in [6.07, 6.45) is 4.56. The van der Waals surface area contributed by atoms with Gasteiger partial charge in [-0.1, -0.05) is 0 Å². The molecular weight excluding hydrogens is 506 g/mol. The van der Waals surface area contributed by atoms with Crippen LogP contribution in [0.5, 0.6) is 0 Å². The number of likely N-dealkylation sites (tertiary alicyclic amines) is 1. The molecule has 37 heavy (non-hydrogen) atoms. The van der Waals surface area contributed by atoms with Crippen LogP contribution in [0.2, 0.25) is 0 Å². The van der Waals surface area contributed by atoms with E-state index in [1.807, 2.05) is 6.26 Å². The van der Waals surface area contributed by atoms with Gasteiger partial charge in [0, 0.05) is 24.9 Å². The first-order valence-electron chi connectivity index (χ1n) is 11.9. The van der Waals surface area contributed by atoms with Crippen molar-refractivity contribution in [2.75, 3.05) is 25.1 Å². The number of aliphatic carboxylic acids is 1. The topological polar surface area (TPSA) is 220 Å². The molecule has 2 rings (SSSR count). The molecule has 5 atom stereocenters. The molecule has 206 valence electrons. The van der Waals surface area contributed by atoms with Gasteiger partial charge in [0.15, 0.2) is 0 Å². The molecule has 1 aliphatic rings. The molecule has 1 saturated heterocycles. The minimum atomic E-state index is -1.43. The Kier molecular flexibility index (Phi) is 11.8. The first-order valence-corrected chi connectivity index (χ1v) is 13.2. The molecule has 0 radical (unpaired) electrons. The number of imidazole rings is 1. The lowest BCUT2D eigenvalue weighted by molar-refractivity contribution is -0.150. The average Bonchev–Trinajstić information content (AvgIpc) is 3.55. The highest BCUT2D eigenvalue weighted by molar-refractivity contribution is 7.98. The van der Waals surface area contributed by atoms with E-state index in [-0.39, 0.29) is 19.4 Å². The third-order valence-corrected chi connectivity index (χ3v) is 6.53. The number of carboxylic acid groups (broad SMARTS) is 1. The fraction of sp³-hybridized carbons (Fsp3) is 0.636. The molecule has 0 saturated carbocycles. The number of aromatic nitrogens is 2. The minimum Gasteiger partial charge on any atom is -0.480 e. The predicted octanol–water partition coefficient (Wildman–Crippen LogP) is -2.43. The Morgan fingerprint density at radius 1 is 1.27 bits per heavy atom. The Labute approximate surface area is 218 Å². The van der Waals surface area contributed by atoms with Crippen molar-refractivity contribution < 1.29 is 34.2 Å². The van der Waals surface area contributed by atoms with Crippen LogP contribution < -0.4 is 21.7 Å². The first-order chi connectivity index (χ1) is 17.5. The number of aliphatic hydroxyl groups is 1. The third kappa shape index (κ3) is 9.02. The van der Waals surface area contributed by atoms with Gasteiger partial charge in [0.25, 0.3) is 0 Å². The monoisotopic (exact) mass is 541 g/mol. The quantitative estimate of drug-likeness (QED) is 0.132. The molecule has 15 heteroatoms. The van der Waals surface area contributed by atoms with E-state index >= 15 is 0 Å². The van der Waals surface area contributed by atoms with E-state index in [0.29, 0.717) is 24.3 Å². The molecule has 1 aliphatic heterocycles. The molecule has 14 nitrogen and oxygen atoms in total. The summed E-state index contributed by atoms with van der Waals surface area (Å²) >= 11 is 1.54. The summed E-state index contributed by atoms with van der Waals surface area (Å²) in [7, 11) is 0. The van der Waals surface area contributed by atoms with Crippen molar-refractivity contribution in [3.8, 4) is 0 Å². The van der Waals surface area contributed by atoms with Crippen molar-refractivity contribution in [2.24, 2.45) is 5.73 Å². The lowest BCUT2D eigenvalue weighted by atomic mass is 10.1. The number of carbonyl (C=O) groups is 5. The van der Waals surface area contributed by atoms with Gasteiger partial charge in [-0.3, -0.25) is 19.2 Å². The van der Waals surface area contributed by atoms with Gasteiger partial charge in [-0.05, 0) is 38.2 Å². The SMILES string of the molecule is CSCC[C@H](N)C(=O)NCC(=O)N[C@@H](Cc1cnc[nH]1)C(=O)N[C@H](C(=O)N1CCC[C@H]1C(=O)O)[C@@H](C)O. The highest BCUT2D eigenvalue weighted by atomic mass is 32.2. The number of amides is 4. The van der Waals surface area contributed by atoms with Crippen molar-refractivity contribution in [3.05, 3.63) is 18.2 Å². The van der Waals surface area contributed by atoms with Gasteiger partial charge in [0.05, 0.1) is 25.0 Å². The van der Waals surface area contributed by atoms with E-state index in [2.05, 4.69) is 25.9 Å². The van der Waals surface area contributed by atoms with Crippen LogP contribution in [0.3, 0.4) is 0 Å². The number of hydrogen-bond donors (Lipinski definition) is 7. The summed E-state index contributed by atoms with van der Waals surface area (Å²) in [6, 6.07) is -4.44. The zero-order valence-electron chi connectivity index (χ0n) is 20.8. The maximum absolute atomic E-state index is 13.2. The van der Waals surface area contributed by atoms with E-state index in [4.69, 9.17) is 5.73 Å². The van der Waals surface area contributed by atoms with E-state index in [0.717, 1.165) is 4.90 Å². The number of thioether (sulfide) groups is 1. The molecule has 1 fully saturated rings. The van der Waals surface area contributed by atoms with Crippen LogP contribution in [0, 0.1) is 0 Å². The lowest BCUT2D eigenvalue weighted by Gasteiger charge is -2.30. The van der Waals surface area contributed by atoms with Gasteiger partial charge >= 0.3 is 5.97 Å². The third-order valence-electron chi connectivity index (χ3n) is 5.89. The summed E-state index contributed by atoms with van der Waals surface area (Å²) in [5.41, 5.74) is 6.30. The van der Waals surface area contributed by atoms with Gasteiger partial charge in [-0.2, -0.15) is 11.8 Å². The summed E-state index contributed by atoms with van der Waals surface area (Å²) in [6.45, 7) is 1.06. The number of nitrogens with one attached hydrogen (secondary N) is 4. The van der Waals surface area contributed by atoms with Crippen LogP contribution in [0.15, 0.2) is 12.5 Å². The normalized spacial score (nSPS) is 18.4. The lowest BCUT2D eigenvalue weighted by Crippen LogP contribution is -2.60. The van der Waals surface area contributed by atoms with E-state index in [1.165, 1.54) is 31.2 Å². The molecule has 4 amide bonds. The zero-order chi connectivity index (χ0) is 27.5. The number of carboxylic acids is 1. The van der Waals surface area contributed by atoms with Crippen molar-refractivity contribution in [2.45, 2.75) is 62.9 Å². The van der Waals surface area contributed by atoms with E-state index in [9.17, 15) is 34.2 Å². The molecule has 0 spiro atoms. The largest absolute Gasteiger partial charge is 0.480 e. The van der Waals surface area contributed by atoms with Crippen molar-refractivity contribution >= 4 is 41.4 Å². The van der Waals surface area contributed by atoms with Crippen molar-refractivity contribution in [1.29, 1.82) is 0 Å². The number of nitrogens with two attached hydrogens (primary N) is 1. The Bertz CT molecular complexity index is 944. The summed E-state index contributed by atoms with van der Waals surface area (Å²) < 4.78 is 0. The number of H-pyrrole nitrogens is 1. The first kappa shape index (κ1) is 30.1. The van der Waals surface area contributed by atoms with Crippen LogP contribution in [0.4, 0.5) is 0 Å². The van der Waals surface area contributed by atoms with Crippen LogP contribution >= 0.6 is 11.8 Å². The number of carbonyl (C=O) groups excluding carboxylic acids is 4. The Morgan fingerprint density at radius 2 is 2.00 bits per heavy atom. The molecule has 2 heterocycles. The molecule has 0 aromatic carbocycles. The van der Waals surface area contributed by atoms with Crippen molar-refractivity contribution in [3.63, 3.8) is 0 Å². The number of rotatable bonds is 14. The molecule has 1 aromatic rings. The maximum Gasteiger partial charge on any atom is 0.326 e. The molecule has 0 unspecified atom stereocenters. The molecule has 0 bridgehead atoms. The summed E-state index contributed by atoms with van der Waals surface area (Å²) in [4.78, 5) is 70.2. The Hall–Kier alpha value is -3.17. The van der Waals surface area contributed by atoms with Crippen LogP contribution in [0.1, 0.15) is 31.9 Å². The highest BCUT2D eigenvalue weighted by Crippen LogP contribution is 2.19. The minimum absolute atomic E-state index is 0.0268. The Morgan fingerprint density at radius 3 is 2.59 bits per heavy atom. The predicted molar refractivity (Wildman–Crippen MR) is 134 cm³/mol. The smallest absolute Gasteiger partial charge is 0.326 e. The van der Waals surface area contributed by atoms with Gasteiger partial charge in [0.1, 0.15) is 18.1 Å². The van der Waals surface area contributed by atoms with Gasteiger partial charge in [-0.15, -0.1) is 0 Å². The zero-order valence-corrected chi connectivity index (χ0v) is 21.6. The standard InChI is InChI=1S/C22H35N7O7S/c1-12(30)18(21(34)29-6-3-4-16(29)22(35)36)28-20(33)15(8-13-9-24-11-26-13)27-17(31)10-25-19(32)14(23)5-7-37-2/h9,11-12,14-16,18,30H,3-8,10,23H2,1-2H3,(H,24,26)(H,25,32)(H,27,31)(H,28,33)(H,35,36)/t12-,14+,15+,16+,18+/m1/s1. The molecule has 0 aliphatic carbocycles. The molecular formula is C22H35N7O7S. The molecule has 8 N–H and O–H groups in total. The summed E-state index contributed by atoms with van der Waals surface area (Å²) in [5, 5.41) is 27.0. The van der Waals surface area contributed by atoms with Gasteiger partial charge in [-0.25, -0.2) is 9.78 Å².